The molecule has 0 saturated heterocycles. The maximum Gasteiger partial charge on any atom is 0.167 e. The number of nitriles is 1. The van der Waals surface area contributed by atoms with Crippen molar-refractivity contribution in [2.24, 2.45) is 11.3 Å². The monoisotopic (exact) mass is 244 g/mol. The molecule has 0 atom stereocenters. The lowest BCUT2D eigenvalue weighted by molar-refractivity contribution is 0.0967. The number of carbonyl (C=O) groups is 1. The van der Waals surface area contributed by atoms with E-state index in [1.165, 1.54) is 0 Å². The van der Waals surface area contributed by atoms with Crippen molar-refractivity contribution in [1.29, 1.82) is 5.26 Å². The van der Waals surface area contributed by atoms with Gasteiger partial charge >= 0.3 is 0 Å². The topological polar surface area (TPSA) is 45.8 Å². The Bertz CT molecular complexity index is 475. The first-order chi connectivity index (χ1) is 8.52. The van der Waals surface area contributed by atoms with Crippen LogP contribution in [0.2, 0.25) is 0 Å². The molecule has 0 radical (unpaired) electrons. The van der Waals surface area contributed by atoms with Crippen LogP contribution in [0, 0.1) is 22.7 Å². The Kier molecular flexibility index (Phi) is 3.56. The molecule has 1 aliphatic rings. The van der Waals surface area contributed by atoms with Crippen molar-refractivity contribution in [3.63, 3.8) is 0 Å². The quantitative estimate of drug-likeness (QED) is 0.720. The molecule has 0 unspecified atom stereocenters. The fourth-order valence-corrected chi connectivity index (χ4v) is 2.07. The first-order valence-electron chi connectivity index (χ1n) is 6.63. The van der Waals surface area contributed by atoms with Crippen molar-refractivity contribution in [2.75, 3.05) is 0 Å². The van der Waals surface area contributed by atoms with E-state index >= 15 is 0 Å². The lowest BCUT2D eigenvalue weighted by atomic mass is 9.90. The summed E-state index contributed by atoms with van der Waals surface area (Å²) < 4.78 is 2.06. The molecular formula is C15H20N2O. The fraction of sp³-hybridized carbons (Fsp3) is 0.600. The minimum Gasteiger partial charge on any atom is -0.354 e. The molecule has 0 amide bonds. The molecule has 18 heavy (non-hydrogen) atoms. The number of carbonyl (C=O) groups excluding carboxylic acids is 1. The summed E-state index contributed by atoms with van der Waals surface area (Å²) in [6, 6.07) is 4.22. The van der Waals surface area contributed by atoms with Gasteiger partial charge in [-0.2, -0.15) is 5.26 Å². The molecule has 0 N–H and O–H groups in total. The second-order valence-electron chi connectivity index (χ2n) is 5.88. The van der Waals surface area contributed by atoms with E-state index in [1.807, 2.05) is 32.3 Å². The lowest BCUT2D eigenvalue weighted by Gasteiger charge is -2.14. The van der Waals surface area contributed by atoms with Gasteiger partial charge in [-0.15, -0.1) is 0 Å². The predicted molar refractivity (Wildman–Crippen MR) is 70.1 cm³/mol. The Hall–Kier alpha value is -1.56. The number of hydrogen-bond donors (Lipinski definition) is 0. The van der Waals surface area contributed by atoms with Crippen LogP contribution in [0.15, 0.2) is 18.5 Å². The largest absolute Gasteiger partial charge is 0.354 e. The van der Waals surface area contributed by atoms with Crippen molar-refractivity contribution in [3.05, 3.63) is 24.0 Å². The van der Waals surface area contributed by atoms with Crippen LogP contribution < -0.4 is 0 Å². The standard InChI is InChI=1S/C15H20N2O/c1-15(2,11-16)7-3-8-17-9-6-13(10-17)14(18)12-4-5-12/h6,9-10,12H,3-5,7-8H2,1-2H3. The normalized spacial score (nSPS) is 15.4. The maximum absolute atomic E-state index is 11.8. The molecule has 0 bridgehead atoms. The second kappa shape index (κ2) is 4.97. The van der Waals surface area contributed by atoms with E-state index in [9.17, 15) is 4.79 Å². The second-order valence-corrected chi connectivity index (χ2v) is 5.88. The summed E-state index contributed by atoms with van der Waals surface area (Å²) in [7, 11) is 0. The third-order valence-electron chi connectivity index (χ3n) is 3.50. The predicted octanol–water partition coefficient (Wildman–Crippen LogP) is 3.41. The van der Waals surface area contributed by atoms with Crippen molar-refractivity contribution in [3.8, 4) is 6.07 Å². The molecule has 0 aliphatic heterocycles. The highest BCUT2D eigenvalue weighted by molar-refractivity contribution is 5.99. The highest BCUT2D eigenvalue weighted by atomic mass is 16.1. The first kappa shape index (κ1) is 12.9. The molecule has 1 aromatic rings. The van der Waals surface area contributed by atoms with Gasteiger partial charge in [-0.1, -0.05) is 0 Å². The van der Waals surface area contributed by atoms with E-state index in [1.54, 1.807) is 0 Å². The number of nitrogens with zero attached hydrogens (tertiary/aromatic N) is 2. The Morgan fingerprint density at radius 3 is 2.89 bits per heavy atom. The van der Waals surface area contributed by atoms with Gasteiger partial charge in [0.1, 0.15) is 0 Å². The van der Waals surface area contributed by atoms with Gasteiger partial charge in [0.2, 0.25) is 0 Å². The average molecular weight is 244 g/mol. The van der Waals surface area contributed by atoms with Crippen LogP contribution >= 0.6 is 0 Å². The molecule has 3 heteroatoms. The molecule has 0 spiro atoms. The molecular weight excluding hydrogens is 224 g/mol. The third-order valence-corrected chi connectivity index (χ3v) is 3.50. The molecule has 1 heterocycles. The van der Waals surface area contributed by atoms with E-state index < -0.39 is 0 Å². The van der Waals surface area contributed by atoms with Crippen LogP contribution in [0.25, 0.3) is 0 Å². The molecule has 1 saturated carbocycles. The Morgan fingerprint density at radius 2 is 2.28 bits per heavy atom. The zero-order chi connectivity index (χ0) is 13.2. The van der Waals surface area contributed by atoms with E-state index in [0.717, 1.165) is 37.8 Å². The summed E-state index contributed by atoms with van der Waals surface area (Å²) in [4.78, 5) is 11.8. The summed E-state index contributed by atoms with van der Waals surface area (Å²) in [6.45, 7) is 4.80. The van der Waals surface area contributed by atoms with Gasteiger partial charge in [0, 0.05) is 30.4 Å². The molecule has 0 aromatic carbocycles. The maximum atomic E-state index is 11.8. The zero-order valence-corrected chi connectivity index (χ0v) is 11.1. The van der Waals surface area contributed by atoms with Gasteiger partial charge < -0.3 is 4.57 Å². The van der Waals surface area contributed by atoms with Crippen LogP contribution in [0.3, 0.4) is 0 Å². The Morgan fingerprint density at radius 1 is 1.56 bits per heavy atom. The van der Waals surface area contributed by atoms with Crippen LogP contribution in [-0.2, 0) is 6.54 Å². The van der Waals surface area contributed by atoms with Crippen LogP contribution in [0.1, 0.15) is 49.9 Å². The third kappa shape index (κ3) is 3.22. The minimum atomic E-state index is -0.250. The van der Waals surface area contributed by atoms with Crippen LogP contribution in [-0.4, -0.2) is 10.4 Å². The van der Waals surface area contributed by atoms with Crippen LogP contribution in [0.5, 0.6) is 0 Å². The van der Waals surface area contributed by atoms with Crippen molar-refractivity contribution < 1.29 is 4.79 Å². The first-order valence-corrected chi connectivity index (χ1v) is 6.63. The average Bonchev–Trinajstić information content (AvgIpc) is 3.08. The molecule has 2 rings (SSSR count). The molecule has 1 aliphatic carbocycles. The number of aromatic nitrogens is 1. The van der Waals surface area contributed by atoms with Gasteiger partial charge in [-0.3, -0.25) is 4.79 Å². The van der Waals surface area contributed by atoms with Crippen molar-refractivity contribution in [1.82, 2.24) is 4.57 Å². The summed E-state index contributed by atoms with van der Waals surface area (Å²) in [5.41, 5.74) is 0.594. The van der Waals surface area contributed by atoms with E-state index in [-0.39, 0.29) is 5.41 Å². The molecule has 3 nitrogen and oxygen atoms in total. The lowest BCUT2D eigenvalue weighted by Crippen LogP contribution is -2.09. The van der Waals surface area contributed by atoms with Gasteiger partial charge in [0.05, 0.1) is 11.5 Å². The Balaban J connectivity index is 1.84. The van der Waals surface area contributed by atoms with Gasteiger partial charge in [-0.25, -0.2) is 0 Å². The highest BCUT2D eigenvalue weighted by Gasteiger charge is 2.30. The number of rotatable bonds is 6. The summed E-state index contributed by atoms with van der Waals surface area (Å²) in [5.74, 6) is 0.587. The molecule has 96 valence electrons. The van der Waals surface area contributed by atoms with Gasteiger partial charge in [0.25, 0.3) is 0 Å². The molecule has 1 aromatic heterocycles. The number of aryl methyl sites for hydroxylation is 1. The number of ketones is 1. The highest BCUT2D eigenvalue weighted by Crippen LogP contribution is 2.32. The zero-order valence-electron chi connectivity index (χ0n) is 11.1. The smallest absolute Gasteiger partial charge is 0.167 e. The van der Waals surface area contributed by atoms with Gasteiger partial charge in [-0.05, 0) is 45.6 Å². The SMILES string of the molecule is CC(C)(C#N)CCCn1ccc(C(=O)C2CC2)c1. The van der Waals surface area contributed by atoms with Gasteiger partial charge in [0.15, 0.2) is 5.78 Å². The van der Waals surface area contributed by atoms with Crippen molar-refractivity contribution >= 4 is 5.78 Å². The van der Waals surface area contributed by atoms with Crippen molar-refractivity contribution in [2.45, 2.75) is 46.1 Å². The molecule has 1 fully saturated rings. The van der Waals surface area contributed by atoms with Crippen LogP contribution in [0.4, 0.5) is 0 Å². The van der Waals surface area contributed by atoms with E-state index in [2.05, 4.69) is 10.6 Å². The number of Topliss-reactive ketones (excluding diaryl/α,β-unsaturated/α-hetero) is 1. The number of hydrogen-bond acceptors (Lipinski definition) is 2. The summed E-state index contributed by atoms with van der Waals surface area (Å²) >= 11 is 0. The van der Waals surface area contributed by atoms with E-state index in [0.29, 0.717) is 11.7 Å². The minimum absolute atomic E-state index is 0.250. The summed E-state index contributed by atoms with van der Waals surface area (Å²) in [5, 5.41) is 8.93. The van der Waals surface area contributed by atoms with E-state index in [4.69, 9.17) is 5.26 Å². The summed E-state index contributed by atoms with van der Waals surface area (Å²) in [6.07, 6.45) is 7.87. The Labute approximate surface area is 108 Å². The fourth-order valence-electron chi connectivity index (χ4n) is 2.07.